The van der Waals surface area contributed by atoms with Crippen molar-refractivity contribution in [3.8, 4) is 17.2 Å². The molecule has 0 bridgehead atoms. The summed E-state index contributed by atoms with van der Waals surface area (Å²) >= 11 is 5.96. The van der Waals surface area contributed by atoms with Crippen LogP contribution in [0.25, 0.3) is 11.5 Å². The first-order valence-electron chi connectivity index (χ1n) is 7.53. The molecule has 2 heterocycles. The number of methoxy groups -OCH3 is 1. The summed E-state index contributed by atoms with van der Waals surface area (Å²) in [5.74, 6) is 1.17. The second-order valence-corrected chi connectivity index (χ2v) is 5.58. The van der Waals surface area contributed by atoms with Gasteiger partial charge in [-0.1, -0.05) is 17.7 Å². The molecule has 0 saturated carbocycles. The Hall–Kier alpha value is -2.99. The van der Waals surface area contributed by atoms with Crippen LogP contribution in [-0.2, 0) is 6.54 Å². The average molecular weight is 358 g/mol. The van der Waals surface area contributed by atoms with E-state index in [1.807, 2.05) is 12.1 Å². The highest BCUT2D eigenvalue weighted by atomic mass is 35.5. The summed E-state index contributed by atoms with van der Waals surface area (Å²) in [6.45, 7) is 0.290. The number of hydrogen-bond donors (Lipinski definition) is 2. The zero-order valence-electron chi connectivity index (χ0n) is 13.5. The van der Waals surface area contributed by atoms with Crippen molar-refractivity contribution >= 4 is 23.3 Å². The molecule has 0 radical (unpaired) electrons. The molecule has 0 saturated heterocycles. The smallest absolute Gasteiger partial charge is 0.319 e. The number of pyridine rings is 1. The first-order valence-corrected chi connectivity index (χ1v) is 7.91. The lowest BCUT2D eigenvalue weighted by Crippen LogP contribution is -2.28. The number of rotatable bonds is 5. The highest BCUT2D eigenvalue weighted by Gasteiger charge is 2.11. The molecule has 2 aromatic heterocycles. The molecule has 0 atom stereocenters. The maximum Gasteiger partial charge on any atom is 0.319 e. The van der Waals surface area contributed by atoms with Gasteiger partial charge in [0.2, 0.25) is 0 Å². The highest BCUT2D eigenvalue weighted by Crippen LogP contribution is 2.27. The van der Waals surface area contributed by atoms with E-state index in [4.69, 9.17) is 20.8 Å². The molecular formula is C18H16ClN3O3. The number of nitrogens with one attached hydrogen (secondary N) is 2. The van der Waals surface area contributed by atoms with E-state index in [-0.39, 0.29) is 6.03 Å². The minimum atomic E-state index is -0.380. The number of carbonyl (C=O) groups excluding carboxylic acids is 1. The molecule has 0 aliphatic rings. The standard InChI is InChI=1S/C18H16ClN3O3/c1-24-15-7-6-13(19)10-14(15)22-18(23)21-11-12-4-2-8-20-17(12)16-5-3-9-25-16/h2-10H,11H2,1H3,(H2,21,22,23). The predicted octanol–water partition coefficient (Wildman–Crippen LogP) is 4.33. The number of nitrogens with zero attached hydrogens (tertiary/aromatic N) is 1. The van der Waals surface area contributed by atoms with Crippen LogP contribution in [0.4, 0.5) is 10.5 Å². The fourth-order valence-corrected chi connectivity index (χ4v) is 2.51. The van der Waals surface area contributed by atoms with Crippen LogP contribution in [-0.4, -0.2) is 18.1 Å². The topological polar surface area (TPSA) is 76.4 Å². The summed E-state index contributed by atoms with van der Waals surface area (Å²) in [5.41, 5.74) is 2.02. The molecule has 0 spiro atoms. The number of urea groups is 1. The molecule has 0 unspecified atom stereocenters. The molecule has 6 nitrogen and oxygen atoms in total. The number of ether oxygens (including phenoxy) is 1. The average Bonchev–Trinajstić information content (AvgIpc) is 3.15. The maximum atomic E-state index is 12.2. The van der Waals surface area contributed by atoms with Crippen LogP contribution in [0.2, 0.25) is 5.02 Å². The van der Waals surface area contributed by atoms with Crippen LogP contribution in [0.5, 0.6) is 5.75 Å². The molecule has 0 aliphatic heterocycles. The van der Waals surface area contributed by atoms with Gasteiger partial charge in [0, 0.05) is 23.3 Å². The Morgan fingerprint density at radius 2 is 2.16 bits per heavy atom. The monoisotopic (exact) mass is 357 g/mol. The van der Waals surface area contributed by atoms with Crippen LogP contribution in [0, 0.1) is 0 Å². The van der Waals surface area contributed by atoms with Crippen LogP contribution < -0.4 is 15.4 Å². The number of amides is 2. The van der Waals surface area contributed by atoms with Gasteiger partial charge in [0.05, 0.1) is 19.1 Å². The molecule has 25 heavy (non-hydrogen) atoms. The van der Waals surface area contributed by atoms with E-state index in [0.717, 1.165) is 5.56 Å². The van der Waals surface area contributed by atoms with Crippen molar-refractivity contribution in [2.45, 2.75) is 6.54 Å². The van der Waals surface area contributed by atoms with Crippen molar-refractivity contribution in [1.29, 1.82) is 0 Å². The number of furan rings is 1. The van der Waals surface area contributed by atoms with E-state index < -0.39 is 0 Å². The zero-order valence-corrected chi connectivity index (χ0v) is 14.2. The molecule has 7 heteroatoms. The maximum absolute atomic E-state index is 12.2. The van der Waals surface area contributed by atoms with E-state index in [0.29, 0.717) is 34.5 Å². The van der Waals surface area contributed by atoms with Gasteiger partial charge in [-0.15, -0.1) is 0 Å². The molecule has 2 amide bonds. The van der Waals surface area contributed by atoms with Gasteiger partial charge < -0.3 is 19.8 Å². The SMILES string of the molecule is COc1ccc(Cl)cc1NC(=O)NCc1cccnc1-c1ccco1. The van der Waals surface area contributed by atoms with Crippen molar-refractivity contribution in [2.75, 3.05) is 12.4 Å². The molecule has 3 aromatic rings. The summed E-state index contributed by atoms with van der Waals surface area (Å²) in [5, 5.41) is 6.02. The summed E-state index contributed by atoms with van der Waals surface area (Å²) in [6.07, 6.45) is 3.26. The Balaban J connectivity index is 1.69. The van der Waals surface area contributed by atoms with Crippen molar-refractivity contribution in [1.82, 2.24) is 10.3 Å². The van der Waals surface area contributed by atoms with Gasteiger partial charge >= 0.3 is 6.03 Å². The largest absolute Gasteiger partial charge is 0.495 e. The molecule has 0 aliphatic carbocycles. The van der Waals surface area contributed by atoms with E-state index in [1.165, 1.54) is 7.11 Å². The normalized spacial score (nSPS) is 10.3. The predicted molar refractivity (Wildman–Crippen MR) is 95.8 cm³/mol. The zero-order chi connectivity index (χ0) is 17.6. The number of aromatic nitrogens is 1. The Morgan fingerprint density at radius 1 is 1.28 bits per heavy atom. The second kappa shape index (κ2) is 7.72. The number of benzene rings is 1. The van der Waals surface area contributed by atoms with Gasteiger partial charge in [-0.3, -0.25) is 4.98 Å². The summed E-state index contributed by atoms with van der Waals surface area (Å²) in [6, 6.07) is 11.9. The van der Waals surface area contributed by atoms with E-state index in [1.54, 1.807) is 42.8 Å². The van der Waals surface area contributed by atoms with E-state index >= 15 is 0 Å². The third kappa shape index (κ3) is 4.10. The molecule has 1 aromatic carbocycles. The lowest BCUT2D eigenvalue weighted by atomic mass is 10.1. The summed E-state index contributed by atoms with van der Waals surface area (Å²) < 4.78 is 10.6. The molecule has 2 N–H and O–H groups in total. The minimum Gasteiger partial charge on any atom is -0.495 e. The third-order valence-corrected chi connectivity index (χ3v) is 3.73. The van der Waals surface area contributed by atoms with E-state index in [9.17, 15) is 4.79 Å². The number of halogens is 1. The second-order valence-electron chi connectivity index (χ2n) is 5.14. The fourth-order valence-electron chi connectivity index (χ4n) is 2.34. The Kier molecular flexibility index (Phi) is 5.20. The fraction of sp³-hybridized carbons (Fsp3) is 0.111. The third-order valence-electron chi connectivity index (χ3n) is 3.49. The highest BCUT2D eigenvalue weighted by molar-refractivity contribution is 6.31. The van der Waals surface area contributed by atoms with Gasteiger partial charge in [-0.2, -0.15) is 0 Å². The Bertz CT molecular complexity index is 866. The van der Waals surface area contributed by atoms with Gasteiger partial charge in [-0.25, -0.2) is 4.79 Å². The van der Waals surface area contributed by atoms with Crippen LogP contribution in [0.1, 0.15) is 5.56 Å². The van der Waals surface area contributed by atoms with Crippen LogP contribution >= 0.6 is 11.6 Å². The quantitative estimate of drug-likeness (QED) is 0.712. The lowest BCUT2D eigenvalue weighted by Gasteiger charge is -2.12. The molecule has 3 rings (SSSR count). The van der Waals surface area contributed by atoms with Crippen LogP contribution in [0.3, 0.4) is 0 Å². The minimum absolute atomic E-state index is 0.290. The first kappa shape index (κ1) is 16.9. The van der Waals surface area contributed by atoms with Gasteiger partial charge in [-0.05, 0) is 36.4 Å². The van der Waals surface area contributed by atoms with Gasteiger partial charge in [0.25, 0.3) is 0 Å². The summed E-state index contributed by atoms with van der Waals surface area (Å²) in [4.78, 5) is 16.5. The van der Waals surface area contributed by atoms with Crippen LogP contribution in [0.15, 0.2) is 59.3 Å². The Morgan fingerprint density at radius 3 is 2.92 bits per heavy atom. The molecular weight excluding hydrogens is 342 g/mol. The molecule has 128 valence electrons. The Labute approximate surface area is 149 Å². The van der Waals surface area contributed by atoms with Crippen molar-refractivity contribution in [3.63, 3.8) is 0 Å². The first-order chi connectivity index (χ1) is 12.2. The lowest BCUT2D eigenvalue weighted by molar-refractivity contribution is 0.251. The van der Waals surface area contributed by atoms with Gasteiger partial charge in [0.1, 0.15) is 11.4 Å². The number of carbonyl (C=O) groups is 1. The van der Waals surface area contributed by atoms with Crippen molar-refractivity contribution < 1.29 is 13.9 Å². The van der Waals surface area contributed by atoms with Crippen molar-refractivity contribution in [3.05, 3.63) is 65.5 Å². The molecule has 0 fully saturated rings. The van der Waals surface area contributed by atoms with Gasteiger partial charge in [0.15, 0.2) is 5.76 Å². The van der Waals surface area contributed by atoms with E-state index in [2.05, 4.69) is 15.6 Å². The number of anilines is 1. The number of hydrogen-bond acceptors (Lipinski definition) is 4. The summed E-state index contributed by atoms with van der Waals surface area (Å²) in [7, 11) is 1.53. The van der Waals surface area contributed by atoms with Crippen molar-refractivity contribution in [2.24, 2.45) is 0 Å².